The van der Waals surface area contributed by atoms with Crippen LogP contribution >= 0.6 is 23.2 Å². The molecule has 0 aliphatic heterocycles. The van der Waals surface area contributed by atoms with Crippen molar-refractivity contribution >= 4 is 35.1 Å². The van der Waals surface area contributed by atoms with Crippen LogP contribution in [0.4, 0.5) is 4.39 Å². The maximum absolute atomic E-state index is 12.9. The zero-order chi connectivity index (χ0) is 17.1. The molecule has 2 nitrogen and oxygen atoms in total. The van der Waals surface area contributed by atoms with E-state index in [4.69, 9.17) is 27.6 Å². The maximum atomic E-state index is 12.9. The molecule has 0 radical (unpaired) electrons. The van der Waals surface area contributed by atoms with E-state index in [0.29, 0.717) is 27.1 Å². The van der Waals surface area contributed by atoms with Crippen molar-refractivity contribution in [3.8, 4) is 11.3 Å². The Morgan fingerprint density at radius 3 is 2.29 bits per heavy atom. The standard InChI is InChI=1S/C19H11Cl2FO2/c20-14-9-13(10-15(21)11-14)19-8-6-17(24-19)5-7-18(23)12-1-3-16(22)4-2-12/h1-11H/b7-5+. The first kappa shape index (κ1) is 16.5. The lowest BCUT2D eigenvalue weighted by molar-refractivity contribution is 0.104. The number of furan rings is 1. The van der Waals surface area contributed by atoms with Crippen LogP contribution in [-0.4, -0.2) is 5.78 Å². The molecule has 3 rings (SSSR count). The average Bonchev–Trinajstić information content (AvgIpc) is 3.01. The molecule has 2 aromatic carbocycles. The van der Waals surface area contributed by atoms with Gasteiger partial charge in [0, 0.05) is 21.2 Å². The fourth-order valence-electron chi connectivity index (χ4n) is 2.16. The minimum absolute atomic E-state index is 0.237. The number of carbonyl (C=O) groups excluding carboxylic acids is 1. The number of hydrogen-bond acceptors (Lipinski definition) is 2. The summed E-state index contributed by atoms with van der Waals surface area (Å²) < 4.78 is 18.5. The van der Waals surface area contributed by atoms with Crippen LogP contribution in [0.2, 0.25) is 10.0 Å². The number of benzene rings is 2. The van der Waals surface area contributed by atoms with E-state index in [1.54, 1.807) is 36.4 Å². The molecule has 24 heavy (non-hydrogen) atoms. The third-order valence-electron chi connectivity index (χ3n) is 3.30. The zero-order valence-corrected chi connectivity index (χ0v) is 13.8. The molecule has 0 spiro atoms. The van der Waals surface area contributed by atoms with Crippen molar-refractivity contribution in [3.05, 3.63) is 87.9 Å². The molecule has 0 aliphatic rings. The molecular weight excluding hydrogens is 350 g/mol. The van der Waals surface area contributed by atoms with Gasteiger partial charge in [0.25, 0.3) is 0 Å². The Balaban J connectivity index is 1.78. The summed E-state index contributed by atoms with van der Waals surface area (Å²) in [7, 11) is 0. The van der Waals surface area contributed by atoms with Gasteiger partial charge in [0.05, 0.1) is 0 Å². The molecule has 3 aromatic rings. The number of carbonyl (C=O) groups is 1. The van der Waals surface area contributed by atoms with Crippen LogP contribution < -0.4 is 0 Å². The van der Waals surface area contributed by atoms with Crippen LogP contribution in [0.15, 0.2) is 65.1 Å². The third kappa shape index (κ3) is 3.94. The summed E-state index contributed by atoms with van der Waals surface area (Å²) in [5.41, 5.74) is 1.15. The van der Waals surface area contributed by atoms with E-state index < -0.39 is 0 Å². The Kier molecular flexibility index (Phi) is 4.84. The van der Waals surface area contributed by atoms with E-state index in [1.165, 1.54) is 30.3 Å². The summed E-state index contributed by atoms with van der Waals surface area (Å²) in [5.74, 6) is 0.481. The predicted molar refractivity (Wildman–Crippen MR) is 93.9 cm³/mol. The van der Waals surface area contributed by atoms with Gasteiger partial charge in [0.15, 0.2) is 5.78 Å². The van der Waals surface area contributed by atoms with Gasteiger partial charge >= 0.3 is 0 Å². The van der Waals surface area contributed by atoms with Crippen LogP contribution in [0.5, 0.6) is 0 Å². The lowest BCUT2D eigenvalue weighted by atomic mass is 10.1. The molecule has 0 amide bonds. The largest absolute Gasteiger partial charge is 0.457 e. The van der Waals surface area contributed by atoms with Crippen LogP contribution in [0.25, 0.3) is 17.4 Å². The van der Waals surface area contributed by atoms with E-state index in [1.807, 2.05) is 0 Å². The first-order chi connectivity index (χ1) is 11.5. The SMILES string of the molecule is O=C(/C=C/c1ccc(-c2cc(Cl)cc(Cl)c2)o1)c1ccc(F)cc1. The van der Waals surface area contributed by atoms with Crippen LogP contribution in [-0.2, 0) is 0 Å². The van der Waals surface area contributed by atoms with Gasteiger partial charge in [0.1, 0.15) is 17.3 Å². The van der Waals surface area contributed by atoms with Gasteiger partial charge in [-0.3, -0.25) is 4.79 Å². The zero-order valence-electron chi connectivity index (χ0n) is 12.3. The van der Waals surface area contributed by atoms with Gasteiger partial charge in [0.2, 0.25) is 0 Å². The fourth-order valence-corrected chi connectivity index (χ4v) is 2.69. The molecule has 0 aliphatic carbocycles. The minimum atomic E-state index is -0.383. The molecule has 0 fully saturated rings. The third-order valence-corrected chi connectivity index (χ3v) is 3.74. The summed E-state index contributed by atoms with van der Waals surface area (Å²) >= 11 is 12.0. The topological polar surface area (TPSA) is 30.2 Å². The first-order valence-electron chi connectivity index (χ1n) is 7.05. The summed E-state index contributed by atoms with van der Waals surface area (Å²) in [6, 6.07) is 14.0. The van der Waals surface area contributed by atoms with Gasteiger partial charge < -0.3 is 4.42 Å². The van der Waals surface area contributed by atoms with Crippen LogP contribution in [0, 0.1) is 5.82 Å². The molecule has 1 heterocycles. The minimum Gasteiger partial charge on any atom is -0.457 e. The van der Waals surface area contributed by atoms with Crippen molar-refractivity contribution in [2.75, 3.05) is 0 Å². The molecular formula is C19H11Cl2FO2. The number of ketones is 1. The van der Waals surface area contributed by atoms with Gasteiger partial charge in [-0.05, 0) is 66.7 Å². The second-order valence-electron chi connectivity index (χ2n) is 5.06. The second kappa shape index (κ2) is 7.04. The van der Waals surface area contributed by atoms with Gasteiger partial charge in [-0.25, -0.2) is 4.39 Å². The number of hydrogen-bond donors (Lipinski definition) is 0. The van der Waals surface area contributed by atoms with E-state index in [9.17, 15) is 9.18 Å². The van der Waals surface area contributed by atoms with Gasteiger partial charge in [-0.2, -0.15) is 0 Å². The molecule has 0 unspecified atom stereocenters. The second-order valence-corrected chi connectivity index (χ2v) is 5.94. The molecule has 0 atom stereocenters. The normalized spacial score (nSPS) is 11.1. The lowest BCUT2D eigenvalue weighted by Gasteiger charge is -1.99. The summed E-state index contributed by atoms with van der Waals surface area (Å²) in [5, 5.41) is 1.02. The van der Waals surface area contributed by atoms with Crippen molar-refractivity contribution in [1.29, 1.82) is 0 Å². The Morgan fingerprint density at radius 2 is 1.62 bits per heavy atom. The molecule has 120 valence electrons. The molecule has 0 bridgehead atoms. The predicted octanol–water partition coefficient (Wildman–Crippen LogP) is 6.29. The molecule has 0 N–H and O–H groups in total. The Morgan fingerprint density at radius 1 is 0.958 bits per heavy atom. The summed E-state index contributed by atoms with van der Waals surface area (Å²) in [6.07, 6.45) is 2.93. The number of halogens is 3. The van der Waals surface area contributed by atoms with E-state index >= 15 is 0 Å². The van der Waals surface area contributed by atoms with E-state index in [2.05, 4.69) is 0 Å². The van der Waals surface area contributed by atoms with Crippen molar-refractivity contribution in [1.82, 2.24) is 0 Å². The van der Waals surface area contributed by atoms with Gasteiger partial charge in [-0.1, -0.05) is 23.2 Å². The van der Waals surface area contributed by atoms with Crippen molar-refractivity contribution in [2.24, 2.45) is 0 Å². The van der Waals surface area contributed by atoms with E-state index in [0.717, 1.165) is 5.56 Å². The van der Waals surface area contributed by atoms with Crippen molar-refractivity contribution < 1.29 is 13.6 Å². The quantitative estimate of drug-likeness (QED) is 0.404. The van der Waals surface area contributed by atoms with E-state index in [-0.39, 0.29) is 11.6 Å². The lowest BCUT2D eigenvalue weighted by Crippen LogP contribution is -1.93. The molecule has 0 saturated carbocycles. The number of rotatable bonds is 4. The monoisotopic (exact) mass is 360 g/mol. The van der Waals surface area contributed by atoms with Crippen molar-refractivity contribution in [2.45, 2.75) is 0 Å². The summed E-state index contributed by atoms with van der Waals surface area (Å²) in [4.78, 5) is 12.0. The highest BCUT2D eigenvalue weighted by molar-refractivity contribution is 6.35. The highest BCUT2D eigenvalue weighted by Gasteiger charge is 2.07. The van der Waals surface area contributed by atoms with Crippen LogP contribution in [0.1, 0.15) is 16.1 Å². The Labute approximate surface area is 148 Å². The highest BCUT2D eigenvalue weighted by atomic mass is 35.5. The first-order valence-corrected chi connectivity index (χ1v) is 7.81. The number of allylic oxidation sites excluding steroid dienone is 1. The molecule has 1 aromatic heterocycles. The highest BCUT2D eigenvalue weighted by Crippen LogP contribution is 2.28. The summed E-state index contributed by atoms with van der Waals surface area (Å²) in [6.45, 7) is 0. The van der Waals surface area contributed by atoms with Crippen LogP contribution in [0.3, 0.4) is 0 Å². The Hall–Kier alpha value is -2.36. The smallest absolute Gasteiger partial charge is 0.185 e. The maximum Gasteiger partial charge on any atom is 0.185 e. The molecule has 0 saturated heterocycles. The van der Waals surface area contributed by atoms with Crippen molar-refractivity contribution in [3.63, 3.8) is 0 Å². The Bertz CT molecular complexity index is 891. The molecule has 5 heteroatoms. The van der Waals surface area contributed by atoms with Gasteiger partial charge in [-0.15, -0.1) is 0 Å². The fraction of sp³-hybridized carbons (Fsp3) is 0. The average molecular weight is 361 g/mol.